The van der Waals surface area contributed by atoms with Crippen molar-refractivity contribution in [1.29, 1.82) is 0 Å². The summed E-state index contributed by atoms with van der Waals surface area (Å²) in [5.41, 5.74) is 4.63. The molecule has 0 spiro atoms. The Hall–Kier alpha value is -3.31. The topological polar surface area (TPSA) is 105 Å². The van der Waals surface area contributed by atoms with E-state index in [4.69, 9.17) is 10.5 Å². The zero-order valence-electron chi connectivity index (χ0n) is 16.5. The van der Waals surface area contributed by atoms with E-state index in [1.54, 1.807) is 6.92 Å². The Morgan fingerprint density at radius 2 is 2.00 bits per heavy atom. The van der Waals surface area contributed by atoms with E-state index >= 15 is 0 Å². The zero-order valence-corrected chi connectivity index (χ0v) is 16.5. The molecule has 1 aromatic rings. The fraction of sp³-hybridized carbons (Fsp3) is 0.421. The molecule has 2 aliphatic rings. The number of hydrogen-bond acceptors (Lipinski definition) is 5. The average Bonchev–Trinajstić information content (AvgIpc) is 2.70. The number of nitrogens with two attached hydrogens (primary N) is 1. The first kappa shape index (κ1) is 22.4. The standard InChI is InChI=1S/C19H20F4N4O4/c1-9-5-14(24)12(17(28)26-3-2-4-31-19(26)30)8-27(9)18(29)25-10-6-11(16(22)23)15(21)13(20)7-10/h6-7,9,16H,2-5,8,24H2,1H3,(H,25,29)/t9-/m0/s1. The van der Waals surface area contributed by atoms with Crippen molar-refractivity contribution < 1.29 is 36.7 Å². The molecule has 3 N–H and O–H groups in total. The van der Waals surface area contributed by atoms with Crippen LogP contribution in [0.1, 0.15) is 31.8 Å². The number of anilines is 1. The van der Waals surface area contributed by atoms with Crippen LogP contribution in [0, 0.1) is 11.6 Å². The van der Waals surface area contributed by atoms with Gasteiger partial charge in [-0.1, -0.05) is 0 Å². The molecule has 1 fully saturated rings. The number of hydrogen-bond donors (Lipinski definition) is 2. The lowest BCUT2D eigenvalue weighted by molar-refractivity contribution is -0.127. The van der Waals surface area contributed by atoms with Crippen LogP contribution < -0.4 is 11.1 Å². The van der Waals surface area contributed by atoms with Gasteiger partial charge in [0.25, 0.3) is 12.3 Å². The minimum Gasteiger partial charge on any atom is -0.449 e. The van der Waals surface area contributed by atoms with Crippen molar-refractivity contribution in [3.05, 3.63) is 40.6 Å². The highest BCUT2D eigenvalue weighted by Gasteiger charge is 2.36. The van der Waals surface area contributed by atoms with Crippen molar-refractivity contribution in [3.8, 4) is 0 Å². The summed E-state index contributed by atoms with van der Waals surface area (Å²) in [6.45, 7) is 1.70. The lowest BCUT2D eigenvalue weighted by Crippen LogP contribution is -2.51. The van der Waals surface area contributed by atoms with Crippen molar-refractivity contribution in [2.45, 2.75) is 32.2 Å². The summed E-state index contributed by atoms with van der Waals surface area (Å²) in [6.07, 6.45) is -3.53. The summed E-state index contributed by atoms with van der Waals surface area (Å²) in [4.78, 5) is 39.4. The number of urea groups is 1. The first-order valence-corrected chi connectivity index (χ1v) is 9.41. The molecule has 1 atom stereocenters. The lowest BCUT2D eigenvalue weighted by atomic mass is 9.99. The molecular formula is C19H20F4N4O4. The van der Waals surface area contributed by atoms with E-state index in [9.17, 15) is 31.9 Å². The maximum Gasteiger partial charge on any atom is 0.416 e. The molecular weight excluding hydrogens is 424 g/mol. The summed E-state index contributed by atoms with van der Waals surface area (Å²) < 4.78 is 57.8. The minimum absolute atomic E-state index is 0.0191. The number of cyclic esters (lactones) is 1. The molecule has 12 heteroatoms. The lowest BCUT2D eigenvalue weighted by Gasteiger charge is -2.36. The van der Waals surface area contributed by atoms with Crippen LogP contribution in [0.2, 0.25) is 0 Å². The van der Waals surface area contributed by atoms with E-state index in [0.717, 1.165) is 4.90 Å². The summed E-state index contributed by atoms with van der Waals surface area (Å²) in [6, 6.07) is -0.119. The Kier molecular flexibility index (Phi) is 6.37. The zero-order chi connectivity index (χ0) is 22.9. The molecule has 0 aliphatic carbocycles. The number of carbonyl (C=O) groups excluding carboxylic acids is 3. The third-order valence-corrected chi connectivity index (χ3v) is 5.04. The molecule has 168 valence electrons. The molecule has 2 heterocycles. The van der Waals surface area contributed by atoms with E-state index in [1.807, 2.05) is 0 Å². The third kappa shape index (κ3) is 4.57. The molecule has 4 amide bonds. The predicted molar refractivity (Wildman–Crippen MR) is 100 cm³/mol. The van der Waals surface area contributed by atoms with Crippen LogP contribution >= 0.6 is 0 Å². The first-order valence-electron chi connectivity index (χ1n) is 9.41. The van der Waals surface area contributed by atoms with Crippen LogP contribution in [0.3, 0.4) is 0 Å². The summed E-state index contributed by atoms with van der Waals surface area (Å²) in [5, 5.41) is 2.24. The van der Waals surface area contributed by atoms with Gasteiger partial charge in [0, 0.05) is 36.5 Å². The Bertz CT molecular complexity index is 953. The summed E-state index contributed by atoms with van der Waals surface area (Å²) in [5.74, 6) is -3.93. The average molecular weight is 444 g/mol. The van der Waals surface area contributed by atoms with E-state index in [-0.39, 0.29) is 43.1 Å². The van der Waals surface area contributed by atoms with E-state index in [1.165, 1.54) is 4.90 Å². The molecule has 0 saturated carbocycles. The smallest absolute Gasteiger partial charge is 0.416 e. The minimum atomic E-state index is -3.28. The summed E-state index contributed by atoms with van der Waals surface area (Å²) >= 11 is 0. The number of nitrogens with one attached hydrogen (secondary N) is 1. The molecule has 0 unspecified atom stereocenters. The van der Waals surface area contributed by atoms with Crippen LogP contribution in [-0.2, 0) is 9.53 Å². The molecule has 1 aromatic carbocycles. The van der Waals surface area contributed by atoms with Crippen molar-refractivity contribution >= 4 is 23.7 Å². The van der Waals surface area contributed by atoms with Gasteiger partial charge in [0.1, 0.15) is 0 Å². The van der Waals surface area contributed by atoms with Gasteiger partial charge in [-0.05, 0) is 19.4 Å². The number of halogens is 4. The number of imide groups is 1. The maximum absolute atomic E-state index is 13.6. The first-order chi connectivity index (χ1) is 14.6. The van der Waals surface area contributed by atoms with Gasteiger partial charge in [-0.2, -0.15) is 0 Å². The van der Waals surface area contributed by atoms with Crippen LogP contribution in [-0.4, -0.2) is 53.6 Å². The number of amides is 4. The third-order valence-electron chi connectivity index (χ3n) is 5.04. The highest BCUT2D eigenvalue weighted by atomic mass is 19.3. The fourth-order valence-electron chi connectivity index (χ4n) is 3.39. The number of ether oxygens (including phenoxy) is 1. The Balaban J connectivity index is 1.79. The van der Waals surface area contributed by atoms with Crippen LogP contribution in [0.4, 0.5) is 32.8 Å². The molecule has 0 bridgehead atoms. The van der Waals surface area contributed by atoms with Gasteiger partial charge in [0.15, 0.2) is 11.6 Å². The van der Waals surface area contributed by atoms with Gasteiger partial charge in [0.05, 0.1) is 24.3 Å². The Morgan fingerprint density at radius 3 is 2.65 bits per heavy atom. The number of rotatable bonds is 3. The number of nitrogens with zero attached hydrogens (tertiary/aromatic N) is 2. The second-order valence-corrected chi connectivity index (χ2v) is 7.20. The number of carbonyl (C=O) groups is 3. The highest BCUT2D eigenvalue weighted by molar-refractivity contribution is 6.04. The van der Waals surface area contributed by atoms with E-state index in [2.05, 4.69) is 5.32 Å². The van der Waals surface area contributed by atoms with Gasteiger partial charge in [0.2, 0.25) is 0 Å². The Morgan fingerprint density at radius 1 is 1.29 bits per heavy atom. The second kappa shape index (κ2) is 8.82. The largest absolute Gasteiger partial charge is 0.449 e. The molecule has 1 saturated heterocycles. The van der Waals surface area contributed by atoms with Gasteiger partial charge in [-0.3, -0.25) is 4.79 Å². The van der Waals surface area contributed by atoms with E-state index in [0.29, 0.717) is 18.6 Å². The normalized spacial score (nSPS) is 19.5. The monoisotopic (exact) mass is 444 g/mol. The van der Waals surface area contributed by atoms with Crippen LogP contribution in [0.15, 0.2) is 23.4 Å². The highest BCUT2D eigenvalue weighted by Crippen LogP contribution is 2.28. The van der Waals surface area contributed by atoms with Gasteiger partial charge >= 0.3 is 12.1 Å². The van der Waals surface area contributed by atoms with Crippen LogP contribution in [0.25, 0.3) is 0 Å². The number of alkyl halides is 2. The summed E-state index contributed by atoms with van der Waals surface area (Å²) in [7, 11) is 0. The maximum atomic E-state index is 13.6. The van der Waals surface area contributed by atoms with E-state index < -0.39 is 47.7 Å². The predicted octanol–water partition coefficient (Wildman–Crippen LogP) is 3.11. The van der Waals surface area contributed by atoms with Gasteiger partial charge < -0.3 is 20.7 Å². The van der Waals surface area contributed by atoms with Crippen LogP contribution in [0.5, 0.6) is 0 Å². The van der Waals surface area contributed by atoms with Gasteiger partial charge in [-0.15, -0.1) is 0 Å². The molecule has 31 heavy (non-hydrogen) atoms. The Labute approximate surface area is 174 Å². The number of benzene rings is 1. The molecule has 3 rings (SSSR count). The SMILES string of the molecule is C[C@H]1CC(N)=C(C(=O)N2CCCOC2=O)CN1C(=O)Nc1cc(F)c(F)c(C(F)F)c1. The van der Waals surface area contributed by atoms with Crippen molar-refractivity contribution in [2.75, 3.05) is 25.0 Å². The molecule has 8 nitrogen and oxygen atoms in total. The molecule has 0 radical (unpaired) electrons. The van der Waals surface area contributed by atoms with Crippen molar-refractivity contribution in [1.82, 2.24) is 9.80 Å². The molecule has 2 aliphatic heterocycles. The van der Waals surface area contributed by atoms with Crippen molar-refractivity contribution in [3.63, 3.8) is 0 Å². The second-order valence-electron chi connectivity index (χ2n) is 7.20. The quantitative estimate of drug-likeness (QED) is 0.697. The fourth-order valence-corrected chi connectivity index (χ4v) is 3.39. The van der Waals surface area contributed by atoms with Crippen molar-refractivity contribution in [2.24, 2.45) is 5.73 Å². The van der Waals surface area contributed by atoms with Gasteiger partial charge in [-0.25, -0.2) is 32.1 Å². The molecule has 0 aromatic heterocycles.